The van der Waals surface area contributed by atoms with E-state index < -0.39 is 11.6 Å². The number of rotatable bonds is 6. The van der Waals surface area contributed by atoms with Gasteiger partial charge in [0, 0.05) is 16.7 Å². The van der Waals surface area contributed by atoms with E-state index in [9.17, 15) is 9.90 Å². The normalized spacial score (nSPS) is 13.0. The van der Waals surface area contributed by atoms with Gasteiger partial charge >= 0.3 is 5.97 Å². The van der Waals surface area contributed by atoms with Crippen LogP contribution in [0.5, 0.6) is 11.5 Å². The van der Waals surface area contributed by atoms with Crippen LogP contribution in [0.4, 0.5) is 0 Å². The van der Waals surface area contributed by atoms with Crippen molar-refractivity contribution in [2.45, 2.75) is 12.5 Å². The molecule has 0 spiro atoms. The van der Waals surface area contributed by atoms with Crippen LogP contribution < -0.4 is 9.47 Å². The molecule has 0 aliphatic heterocycles. The molecule has 4 rings (SSSR count). The summed E-state index contributed by atoms with van der Waals surface area (Å²) in [6.45, 7) is 1.49. The first kappa shape index (κ1) is 19.7. The molecule has 30 heavy (non-hydrogen) atoms. The fraction of sp³-hybridized carbons (Fsp3) is 0.136. The number of nitrogens with zero attached hydrogens (tertiary/aromatic N) is 3. The molecule has 1 atom stereocenters. The number of aromatic nitrogens is 3. The van der Waals surface area contributed by atoms with Crippen LogP contribution in [-0.4, -0.2) is 33.2 Å². The van der Waals surface area contributed by atoms with Crippen LogP contribution in [0.3, 0.4) is 0 Å². The predicted molar refractivity (Wildman–Crippen MR) is 112 cm³/mol. The Morgan fingerprint density at radius 3 is 2.23 bits per heavy atom. The van der Waals surface area contributed by atoms with E-state index in [0.717, 1.165) is 0 Å². The molecule has 8 heteroatoms. The predicted octanol–water partition coefficient (Wildman–Crippen LogP) is 4.46. The highest BCUT2D eigenvalue weighted by Gasteiger charge is 2.39. The molecular formula is C22H18ClN3O4. The lowest BCUT2D eigenvalue weighted by molar-refractivity contribution is -0.154. The van der Waals surface area contributed by atoms with Crippen LogP contribution in [0, 0.1) is 0 Å². The molecule has 1 unspecified atom stereocenters. The van der Waals surface area contributed by atoms with E-state index in [4.69, 9.17) is 21.1 Å². The van der Waals surface area contributed by atoms with Crippen molar-refractivity contribution in [2.24, 2.45) is 0 Å². The van der Waals surface area contributed by atoms with Crippen LogP contribution >= 0.6 is 11.6 Å². The number of aliphatic carboxylic acids is 1. The summed E-state index contributed by atoms with van der Waals surface area (Å²) in [6.07, 6.45) is 0. The molecule has 0 saturated carbocycles. The average molecular weight is 424 g/mol. The van der Waals surface area contributed by atoms with Crippen LogP contribution in [0.15, 0.2) is 66.7 Å². The molecule has 0 fully saturated rings. The molecular weight excluding hydrogens is 406 g/mol. The Balaban J connectivity index is 1.83. The maximum absolute atomic E-state index is 12.2. The first-order valence-corrected chi connectivity index (χ1v) is 9.47. The zero-order valence-electron chi connectivity index (χ0n) is 16.2. The second kappa shape index (κ2) is 7.68. The molecule has 0 aliphatic carbocycles. The van der Waals surface area contributed by atoms with Crippen molar-refractivity contribution < 1.29 is 19.4 Å². The van der Waals surface area contributed by atoms with Gasteiger partial charge in [0.2, 0.25) is 5.60 Å². The van der Waals surface area contributed by atoms with E-state index >= 15 is 0 Å². The lowest BCUT2D eigenvalue weighted by atomic mass is 9.96. The Morgan fingerprint density at radius 1 is 1.03 bits per heavy atom. The molecule has 0 aliphatic rings. The van der Waals surface area contributed by atoms with Crippen LogP contribution in [0.2, 0.25) is 5.02 Å². The molecule has 152 valence electrons. The van der Waals surface area contributed by atoms with Gasteiger partial charge in [-0.3, -0.25) is 0 Å². The number of carboxylic acid groups (broad SMARTS) is 1. The molecule has 4 aromatic rings. The lowest BCUT2D eigenvalue weighted by Gasteiger charge is -2.28. The maximum Gasteiger partial charge on any atom is 0.352 e. The topological polar surface area (TPSA) is 86.5 Å². The van der Waals surface area contributed by atoms with Gasteiger partial charge in [-0.15, -0.1) is 15.0 Å². The molecule has 1 heterocycles. The summed E-state index contributed by atoms with van der Waals surface area (Å²) >= 11 is 5.96. The van der Waals surface area contributed by atoms with E-state index in [1.54, 1.807) is 49.6 Å². The highest BCUT2D eigenvalue weighted by Crippen LogP contribution is 2.35. The standard InChI is InChI=1S/C22H18ClN3O4/c1-22(21(27)28,14-7-9-15(23)10-8-14)30-20-12-11-16(29-2)13-19(20)26-24-17-5-3-4-6-18(17)25-26/h3-13H,1-2H3,(H,27,28). The Hall–Kier alpha value is -3.58. The third kappa shape index (κ3) is 3.55. The lowest BCUT2D eigenvalue weighted by Crippen LogP contribution is -2.38. The van der Waals surface area contributed by atoms with Crippen molar-refractivity contribution >= 4 is 28.6 Å². The maximum atomic E-state index is 12.2. The van der Waals surface area contributed by atoms with Crippen molar-refractivity contribution in [2.75, 3.05) is 7.11 Å². The number of carbonyl (C=O) groups is 1. The zero-order chi connectivity index (χ0) is 21.3. The summed E-state index contributed by atoms with van der Waals surface area (Å²) in [5, 5.41) is 19.4. The second-order valence-electron chi connectivity index (χ2n) is 6.76. The van der Waals surface area contributed by atoms with E-state index in [1.807, 2.05) is 24.3 Å². The molecule has 7 nitrogen and oxygen atoms in total. The van der Waals surface area contributed by atoms with Crippen molar-refractivity contribution in [3.05, 3.63) is 77.3 Å². The fourth-order valence-corrected chi connectivity index (χ4v) is 3.17. The molecule has 1 N–H and O–H groups in total. The number of halogens is 1. The number of methoxy groups -OCH3 is 1. The average Bonchev–Trinajstić information content (AvgIpc) is 3.18. The Labute approximate surface area is 177 Å². The van der Waals surface area contributed by atoms with Crippen molar-refractivity contribution in [3.8, 4) is 17.2 Å². The molecule has 0 radical (unpaired) electrons. The quantitative estimate of drug-likeness (QED) is 0.492. The van der Waals surface area contributed by atoms with E-state index in [1.165, 1.54) is 11.7 Å². The van der Waals surface area contributed by atoms with Gasteiger partial charge in [0.25, 0.3) is 0 Å². The molecule has 0 amide bonds. The van der Waals surface area contributed by atoms with Crippen molar-refractivity contribution in [3.63, 3.8) is 0 Å². The highest BCUT2D eigenvalue weighted by molar-refractivity contribution is 6.30. The smallest absolute Gasteiger partial charge is 0.352 e. The third-order valence-electron chi connectivity index (χ3n) is 4.79. The summed E-state index contributed by atoms with van der Waals surface area (Å²) in [5.74, 6) is -0.302. The molecule has 0 bridgehead atoms. The number of fused-ring (bicyclic) bond motifs is 1. The van der Waals surface area contributed by atoms with Gasteiger partial charge in [0.15, 0.2) is 0 Å². The first-order chi connectivity index (χ1) is 14.4. The van der Waals surface area contributed by atoms with Gasteiger partial charge in [0.1, 0.15) is 28.2 Å². The first-order valence-electron chi connectivity index (χ1n) is 9.09. The Bertz CT molecular complexity index is 1190. The van der Waals surface area contributed by atoms with E-state index in [-0.39, 0.29) is 5.75 Å². The summed E-state index contributed by atoms with van der Waals surface area (Å²) in [4.78, 5) is 13.6. The molecule has 3 aromatic carbocycles. The highest BCUT2D eigenvalue weighted by atomic mass is 35.5. The van der Waals surface area contributed by atoms with Gasteiger partial charge in [-0.2, -0.15) is 0 Å². The SMILES string of the molecule is COc1ccc(OC(C)(C(=O)O)c2ccc(Cl)cc2)c(-n2nc3ccccc3n2)c1. The number of carboxylic acids is 1. The minimum Gasteiger partial charge on any atom is -0.497 e. The molecule has 0 saturated heterocycles. The number of ether oxygens (including phenoxy) is 2. The van der Waals surface area contributed by atoms with Gasteiger partial charge in [0.05, 0.1) is 7.11 Å². The number of hydrogen-bond donors (Lipinski definition) is 1. The third-order valence-corrected chi connectivity index (χ3v) is 5.04. The summed E-state index contributed by atoms with van der Waals surface area (Å²) in [7, 11) is 1.54. The minimum atomic E-state index is -1.67. The van der Waals surface area contributed by atoms with Gasteiger partial charge in [-0.05, 0) is 43.3 Å². The molecule has 1 aromatic heterocycles. The van der Waals surface area contributed by atoms with E-state index in [0.29, 0.717) is 33.1 Å². The van der Waals surface area contributed by atoms with Gasteiger partial charge < -0.3 is 14.6 Å². The van der Waals surface area contributed by atoms with Crippen molar-refractivity contribution in [1.82, 2.24) is 15.0 Å². The van der Waals surface area contributed by atoms with Gasteiger partial charge in [-0.1, -0.05) is 35.9 Å². The van der Waals surface area contributed by atoms with Gasteiger partial charge in [-0.25, -0.2) is 4.79 Å². The Kier molecular flexibility index (Phi) is 5.05. The minimum absolute atomic E-state index is 0.288. The Morgan fingerprint density at radius 2 is 1.67 bits per heavy atom. The number of hydrogen-bond acceptors (Lipinski definition) is 5. The zero-order valence-corrected chi connectivity index (χ0v) is 17.0. The summed E-state index contributed by atoms with van der Waals surface area (Å²) in [5.41, 5.74) is 0.627. The monoisotopic (exact) mass is 423 g/mol. The number of benzene rings is 3. The van der Waals surface area contributed by atoms with Crippen LogP contribution in [0.25, 0.3) is 16.7 Å². The van der Waals surface area contributed by atoms with Crippen molar-refractivity contribution in [1.29, 1.82) is 0 Å². The summed E-state index contributed by atoms with van der Waals surface area (Å²) in [6, 6.07) is 18.9. The van der Waals surface area contributed by atoms with Crippen LogP contribution in [-0.2, 0) is 10.4 Å². The second-order valence-corrected chi connectivity index (χ2v) is 7.20. The summed E-state index contributed by atoms with van der Waals surface area (Å²) < 4.78 is 11.4. The fourth-order valence-electron chi connectivity index (χ4n) is 3.05. The van der Waals surface area contributed by atoms with E-state index in [2.05, 4.69) is 10.2 Å². The van der Waals surface area contributed by atoms with Crippen LogP contribution in [0.1, 0.15) is 12.5 Å². The largest absolute Gasteiger partial charge is 0.497 e.